The summed E-state index contributed by atoms with van der Waals surface area (Å²) in [4.78, 5) is 36.0. The first kappa shape index (κ1) is 18.4. The Bertz CT molecular complexity index is 565. The summed E-state index contributed by atoms with van der Waals surface area (Å²) in [7, 11) is 1.35. The molecule has 2 rings (SSSR count). The first-order valence-electron chi connectivity index (χ1n) is 8.27. The Morgan fingerprint density at radius 1 is 1.25 bits per heavy atom. The summed E-state index contributed by atoms with van der Waals surface area (Å²) in [5, 5.41) is 9.29. The van der Waals surface area contributed by atoms with Gasteiger partial charge in [-0.05, 0) is 30.7 Å². The molecule has 132 valence electrons. The summed E-state index contributed by atoms with van der Waals surface area (Å²) in [6.07, 6.45) is 4.93. The maximum atomic E-state index is 12.2. The molecule has 0 spiro atoms. The van der Waals surface area contributed by atoms with Crippen LogP contribution in [0.5, 0.6) is 0 Å². The van der Waals surface area contributed by atoms with Crippen LogP contribution >= 0.6 is 11.3 Å². The number of carbonyl (C=O) groups excluding carboxylic acids is 3. The van der Waals surface area contributed by atoms with Crippen molar-refractivity contribution in [2.24, 2.45) is 0 Å². The number of hydrogen-bond acceptors (Lipinski definition) is 5. The van der Waals surface area contributed by atoms with Gasteiger partial charge in [-0.15, -0.1) is 0 Å². The number of amides is 2. The maximum absolute atomic E-state index is 12.2. The molecule has 6 nitrogen and oxygen atoms in total. The average molecular weight is 352 g/mol. The quantitative estimate of drug-likeness (QED) is 0.582. The minimum atomic E-state index is -0.871. The van der Waals surface area contributed by atoms with Crippen molar-refractivity contribution >= 4 is 29.1 Å². The van der Waals surface area contributed by atoms with E-state index in [2.05, 4.69) is 10.6 Å². The van der Waals surface area contributed by atoms with Crippen molar-refractivity contribution in [2.75, 3.05) is 13.7 Å². The van der Waals surface area contributed by atoms with Crippen LogP contribution in [0.1, 0.15) is 55.3 Å². The van der Waals surface area contributed by atoms with Gasteiger partial charge in [0.2, 0.25) is 5.91 Å². The van der Waals surface area contributed by atoms with Crippen LogP contribution in [0.25, 0.3) is 0 Å². The summed E-state index contributed by atoms with van der Waals surface area (Å²) in [6, 6.07) is 1.76. The van der Waals surface area contributed by atoms with Gasteiger partial charge >= 0.3 is 5.97 Å². The van der Waals surface area contributed by atoms with Crippen LogP contribution in [0, 0.1) is 0 Å². The van der Waals surface area contributed by atoms with Crippen LogP contribution in [0.3, 0.4) is 0 Å². The Hall–Kier alpha value is -1.89. The third-order valence-corrected chi connectivity index (χ3v) is 4.99. The minimum Gasteiger partial charge on any atom is -0.467 e. The monoisotopic (exact) mass is 352 g/mol. The molecule has 0 atom stereocenters. The zero-order chi connectivity index (χ0) is 17.4. The molecule has 1 saturated carbocycles. The lowest BCUT2D eigenvalue weighted by Crippen LogP contribution is -2.56. The number of carbonyl (C=O) groups is 3. The van der Waals surface area contributed by atoms with Crippen molar-refractivity contribution in [3.8, 4) is 0 Å². The summed E-state index contributed by atoms with van der Waals surface area (Å²) < 4.78 is 4.88. The average Bonchev–Trinajstić information content (AvgIpc) is 3.13. The zero-order valence-electron chi connectivity index (χ0n) is 13.9. The van der Waals surface area contributed by atoms with Crippen LogP contribution in [-0.2, 0) is 14.3 Å². The van der Waals surface area contributed by atoms with Crippen molar-refractivity contribution in [3.05, 3.63) is 22.4 Å². The molecule has 24 heavy (non-hydrogen) atoms. The van der Waals surface area contributed by atoms with E-state index in [0.717, 1.165) is 19.3 Å². The van der Waals surface area contributed by atoms with E-state index in [1.807, 2.05) is 5.38 Å². The van der Waals surface area contributed by atoms with Gasteiger partial charge < -0.3 is 15.4 Å². The molecule has 1 fully saturated rings. The maximum Gasteiger partial charge on any atom is 0.331 e. The molecular weight excluding hydrogens is 328 g/mol. The first-order chi connectivity index (χ1) is 11.6. The lowest BCUT2D eigenvalue weighted by Gasteiger charge is -2.35. The Labute approximate surface area is 146 Å². The standard InChI is InChI=1S/C17H24N2O4S/c1-23-16(22)17(8-3-2-4-9-17)19-14(20)6-5-10-18-15(21)13-7-11-24-12-13/h7,11-12H,2-6,8-10H2,1H3,(H,18,21)(H,19,20). The fourth-order valence-electron chi connectivity index (χ4n) is 3.01. The Morgan fingerprint density at radius 2 is 2.00 bits per heavy atom. The molecule has 0 aliphatic heterocycles. The smallest absolute Gasteiger partial charge is 0.331 e. The number of hydrogen-bond donors (Lipinski definition) is 2. The van der Waals surface area contributed by atoms with E-state index >= 15 is 0 Å². The molecule has 0 saturated heterocycles. The number of ether oxygens (including phenoxy) is 1. The van der Waals surface area contributed by atoms with E-state index in [0.29, 0.717) is 31.4 Å². The third-order valence-electron chi connectivity index (χ3n) is 4.31. The van der Waals surface area contributed by atoms with Crippen LogP contribution < -0.4 is 10.6 Å². The van der Waals surface area contributed by atoms with Crippen molar-refractivity contribution in [2.45, 2.75) is 50.5 Å². The van der Waals surface area contributed by atoms with E-state index < -0.39 is 5.54 Å². The van der Waals surface area contributed by atoms with Crippen LogP contribution in [0.4, 0.5) is 0 Å². The molecule has 2 amide bonds. The summed E-state index contributed by atoms with van der Waals surface area (Å²) >= 11 is 1.47. The predicted octanol–water partition coefficient (Wildman–Crippen LogP) is 2.25. The highest BCUT2D eigenvalue weighted by Crippen LogP contribution is 2.29. The van der Waals surface area contributed by atoms with Gasteiger partial charge in [-0.25, -0.2) is 4.79 Å². The summed E-state index contributed by atoms with van der Waals surface area (Å²) in [6.45, 7) is 0.424. The van der Waals surface area contributed by atoms with Gasteiger partial charge in [0.15, 0.2) is 0 Å². The van der Waals surface area contributed by atoms with Gasteiger partial charge in [-0.1, -0.05) is 19.3 Å². The highest BCUT2D eigenvalue weighted by atomic mass is 32.1. The highest BCUT2D eigenvalue weighted by molar-refractivity contribution is 7.08. The topological polar surface area (TPSA) is 84.5 Å². The van der Waals surface area contributed by atoms with Gasteiger partial charge in [0.25, 0.3) is 5.91 Å². The van der Waals surface area contributed by atoms with Crippen molar-refractivity contribution in [3.63, 3.8) is 0 Å². The molecular formula is C17H24N2O4S. The minimum absolute atomic E-state index is 0.130. The van der Waals surface area contributed by atoms with Gasteiger partial charge in [0, 0.05) is 23.9 Å². The van der Waals surface area contributed by atoms with Gasteiger partial charge in [-0.2, -0.15) is 11.3 Å². The van der Waals surface area contributed by atoms with Crippen LogP contribution in [0.2, 0.25) is 0 Å². The number of thiophene rings is 1. The van der Waals surface area contributed by atoms with Crippen molar-refractivity contribution < 1.29 is 19.1 Å². The third kappa shape index (κ3) is 4.80. The fraction of sp³-hybridized carbons (Fsp3) is 0.588. The van der Waals surface area contributed by atoms with E-state index in [9.17, 15) is 14.4 Å². The number of methoxy groups -OCH3 is 1. The van der Waals surface area contributed by atoms with Gasteiger partial charge in [0.05, 0.1) is 7.11 Å². The molecule has 1 aliphatic rings. The molecule has 0 aromatic carbocycles. The predicted molar refractivity (Wildman–Crippen MR) is 91.9 cm³/mol. The Balaban J connectivity index is 1.75. The number of nitrogens with one attached hydrogen (secondary N) is 2. The normalized spacial score (nSPS) is 16.2. The lowest BCUT2D eigenvalue weighted by atomic mass is 9.81. The summed E-state index contributed by atoms with van der Waals surface area (Å²) in [5.74, 6) is -0.664. The Kier molecular flexibility index (Phi) is 6.78. The largest absolute Gasteiger partial charge is 0.467 e. The number of rotatable bonds is 7. The van der Waals surface area contributed by atoms with Crippen molar-refractivity contribution in [1.29, 1.82) is 0 Å². The van der Waals surface area contributed by atoms with Gasteiger partial charge in [-0.3, -0.25) is 9.59 Å². The molecule has 0 radical (unpaired) electrons. The van der Waals surface area contributed by atoms with E-state index in [1.54, 1.807) is 11.4 Å². The number of esters is 1. The second kappa shape index (κ2) is 8.82. The molecule has 1 aromatic rings. The zero-order valence-corrected chi connectivity index (χ0v) is 14.7. The van der Waals surface area contributed by atoms with Crippen molar-refractivity contribution in [1.82, 2.24) is 10.6 Å². The van der Waals surface area contributed by atoms with Crippen LogP contribution in [-0.4, -0.2) is 37.0 Å². The molecule has 1 heterocycles. The molecule has 1 aromatic heterocycles. The summed E-state index contributed by atoms with van der Waals surface area (Å²) in [5.41, 5.74) is -0.236. The van der Waals surface area contributed by atoms with Gasteiger partial charge in [0.1, 0.15) is 5.54 Å². The molecule has 2 N–H and O–H groups in total. The fourth-order valence-corrected chi connectivity index (χ4v) is 3.64. The van der Waals surface area contributed by atoms with Crippen LogP contribution in [0.15, 0.2) is 16.8 Å². The lowest BCUT2D eigenvalue weighted by molar-refractivity contribution is -0.152. The van der Waals surface area contributed by atoms with E-state index in [1.165, 1.54) is 18.4 Å². The second-order valence-corrected chi connectivity index (χ2v) is 6.83. The molecule has 0 unspecified atom stereocenters. The Morgan fingerprint density at radius 3 is 2.62 bits per heavy atom. The second-order valence-electron chi connectivity index (χ2n) is 6.05. The first-order valence-corrected chi connectivity index (χ1v) is 9.21. The van der Waals surface area contributed by atoms with E-state index in [4.69, 9.17) is 4.74 Å². The molecule has 1 aliphatic carbocycles. The highest BCUT2D eigenvalue weighted by Gasteiger charge is 2.41. The SMILES string of the molecule is COC(=O)C1(NC(=O)CCCNC(=O)c2ccsc2)CCCCC1. The molecule has 0 bridgehead atoms. The molecule has 7 heteroatoms. The van der Waals surface area contributed by atoms with E-state index in [-0.39, 0.29) is 24.2 Å².